The summed E-state index contributed by atoms with van der Waals surface area (Å²) >= 11 is 9.31. The molecule has 0 unspecified atom stereocenters. The molecule has 15 heavy (non-hydrogen) atoms. The van der Waals surface area contributed by atoms with Crippen molar-refractivity contribution >= 4 is 27.5 Å². The minimum atomic E-state index is 0.524. The zero-order valence-electron chi connectivity index (χ0n) is 8.63. The molecule has 0 saturated heterocycles. The predicted octanol–water partition coefficient (Wildman–Crippen LogP) is 3.91. The Morgan fingerprint density at radius 1 is 1.27 bits per heavy atom. The molecule has 0 radical (unpaired) electrons. The van der Waals surface area contributed by atoms with E-state index in [1.807, 2.05) is 12.1 Å². The minimum Gasteiger partial charge on any atom is -0.490 e. The van der Waals surface area contributed by atoms with Crippen molar-refractivity contribution in [3.05, 3.63) is 27.7 Å². The van der Waals surface area contributed by atoms with Crippen LogP contribution >= 0.6 is 27.5 Å². The van der Waals surface area contributed by atoms with Gasteiger partial charge in [0.15, 0.2) is 0 Å². The van der Waals surface area contributed by atoms with Crippen LogP contribution < -0.4 is 4.74 Å². The van der Waals surface area contributed by atoms with E-state index in [1.54, 1.807) is 6.07 Å². The van der Waals surface area contributed by atoms with Crippen molar-refractivity contribution in [1.82, 2.24) is 0 Å². The third-order valence-electron chi connectivity index (χ3n) is 1.73. The van der Waals surface area contributed by atoms with E-state index >= 15 is 0 Å². The first-order valence-electron chi connectivity index (χ1n) is 4.89. The fourth-order valence-corrected chi connectivity index (χ4v) is 1.56. The molecule has 1 aromatic rings. The number of ether oxygens (including phenoxy) is 2. The standard InChI is InChI=1S/C11H14BrClO2/c1-2-5-14-6-7-15-11-8-9(12)3-4-10(11)13/h3-4,8H,2,5-7H2,1H3. The molecule has 0 heterocycles. The lowest BCUT2D eigenvalue weighted by Gasteiger charge is -2.08. The van der Waals surface area contributed by atoms with Gasteiger partial charge in [-0.1, -0.05) is 34.5 Å². The van der Waals surface area contributed by atoms with Gasteiger partial charge in [0.25, 0.3) is 0 Å². The molecule has 0 aromatic heterocycles. The molecule has 1 rings (SSSR count). The Morgan fingerprint density at radius 3 is 2.80 bits per heavy atom. The first-order valence-corrected chi connectivity index (χ1v) is 6.06. The van der Waals surface area contributed by atoms with Crippen molar-refractivity contribution in [3.63, 3.8) is 0 Å². The number of hydrogen-bond acceptors (Lipinski definition) is 2. The number of benzene rings is 1. The molecule has 0 amide bonds. The number of rotatable bonds is 6. The van der Waals surface area contributed by atoms with E-state index in [-0.39, 0.29) is 0 Å². The van der Waals surface area contributed by atoms with Gasteiger partial charge in [0.2, 0.25) is 0 Å². The molecule has 0 N–H and O–H groups in total. The Morgan fingerprint density at radius 2 is 2.07 bits per heavy atom. The first kappa shape index (κ1) is 12.8. The van der Waals surface area contributed by atoms with Crippen LogP contribution in [0.4, 0.5) is 0 Å². The second kappa shape index (κ2) is 7.09. The topological polar surface area (TPSA) is 18.5 Å². The molecule has 0 aliphatic carbocycles. The van der Waals surface area contributed by atoms with Crippen LogP contribution in [0.25, 0.3) is 0 Å². The molecule has 0 aliphatic heterocycles. The van der Waals surface area contributed by atoms with E-state index < -0.39 is 0 Å². The van der Waals surface area contributed by atoms with Crippen molar-refractivity contribution in [2.75, 3.05) is 19.8 Å². The summed E-state index contributed by atoms with van der Waals surface area (Å²) in [5, 5.41) is 0.619. The molecular formula is C11H14BrClO2. The van der Waals surface area contributed by atoms with Crippen LogP contribution in [0.2, 0.25) is 5.02 Å². The second-order valence-corrected chi connectivity index (χ2v) is 4.36. The normalized spacial score (nSPS) is 10.3. The van der Waals surface area contributed by atoms with Crippen molar-refractivity contribution in [1.29, 1.82) is 0 Å². The van der Waals surface area contributed by atoms with E-state index in [1.165, 1.54) is 0 Å². The minimum absolute atomic E-state index is 0.524. The molecule has 0 atom stereocenters. The monoisotopic (exact) mass is 292 g/mol. The van der Waals surface area contributed by atoms with E-state index in [2.05, 4.69) is 22.9 Å². The third kappa shape index (κ3) is 4.87. The maximum atomic E-state index is 5.95. The summed E-state index contributed by atoms with van der Waals surface area (Å²) < 4.78 is 11.7. The number of halogens is 2. The summed E-state index contributed by atoms with van der Waals surface area (Å²) in [4.78, 5) is 0. The Hall–Kier alpha value is -0.250. The average Bonchev–Trinajstić information content (AvgIpc) is 2.23. The fraction of sp³-hybridized carbons (Fsp3) is 0.455. The lowest BCUT2D eigenvalue weighted by molar-refractivity contribution is 0.101. The molecule has 4 heteroatoms. The molecule has 0 saturated carbocycles. The fourth-order valence-electron chi connectivity index (χ4n) is 1.04. The van der Waals surface area contributed by atoms with E-state index in [9.17, 15) is 0 Å². The zero-order valence-corrected chi connectivity index (χ0v) is 11.0. The summed E-state index contributed by atoms with van der Waals surface area (Å²) in [5.74, 6) is 0.686. The quantitative estimate of drug-likeness (QED) is 0.740. The van der Waals surface area contributed by atoms with Crippen LogP contribution in [-0.4, -0.2) is 19.8 Å². The Bertz CT molecular complexity index is 305. The summed E-state index contributed by atoms with van der Waals surface area (Å²) in [5.41, 5.74) is 0. The van der Waals surface area contributed by atoms with Gasteiger partial charge >= 0.3 is 0 Å². The zero-order chi connectivity index (χ0) is 11.1. The van der Waals surface area contributed by atoms with Crippen molar-refractivity contribution in [2.45, 2.75) is 13.3 Å². The lowest BCUT2D eigenvalue weighted by atomic mass is 10.3. The van der Waals surface area contributed by atoms with Gasteiger partial charge in [-0.2, -0.15) is 0 Å². The molecule has 0 fully saturated rings. The molecular weight excluding hydrogens is 279 g/mol. The van der Waals surface area contributed by atoms with Gasteiger partial charge in [0, 0.05) is 11.1 Å². The van der Waals surface area contributed by atoms with Crippen molar-refractivity contribution < 1.29 is 9.47 Å². The molecule has 0 bridgehead atoms. The Kier molecular flexibility index (Phi) is 6.06. The van der Waals surface area contributed by atoms with Gasteiger partial charge in [0.1, 0.15) is 12.4 Å². The van der Waals surface area contributed by atoms with Crippen LogP contribution in [0, 0.1) is 0 Å². The molecule has 0 spiro atoms. The largest absolute Gasteiger partial charge is 0.490 e. The van der Waals surface area contributed by atoms with E-state index in [0.29, 0.717) is 24.0 Å². The van der Waals surface area contributed by atoms with Gasteiger partial charge in [-0.05, 0) is 24.6 Å². The van der Waals surface area contributed by atoms with Crippen LogP contribution in [0.5, 0.6) is 5.75 Å². The summed E-state index contributed by atoms with van der Waals surface area (Å²) in [7, 11) is 0. The molecule has 84 valence electrons. The second-order valence-electron chi connectivity index (χ2n) is 3.04. The van der Waals surface area contributed by atoms with Crippen LogP contribution in [0.15, 0.2) is 22.7 Å². The van der Waals surface area contributed by atoms with Gasteiger partial charge in [-0.25, -0.2) is 0 Å². The summed E-state index contributed by atoms with van der Waals surface area (Å²) in [6, 6.07) is 5.53. The highest BCUT2D eigenvalue weighted by molar-refractivity contribution is 9.10. The molecule has 0 aliphatic rings. The van der Waals surface area contributed by atoms with Crippen molar-refractivity contribution in [3.8, 4) is 5.75 Å². The van der Waals surface area contributed by atoms with E-state index in [4.69, 9.17) is 21.1 Å². The maximum Gasteiger partial charge on any atom is 0.139 e. The van der Waals surface area contributed by atoms with Gasteiger partial charge in [-0.3, -0.25) is 0 Å². The van der Waals surface area contributed by atoms with Crippen LogP contribution in [0.1, 0.15) is 13.3 Å². The molecule has 2 nitrogen and oxygen atoms in total. The van der Waals surface area contributed by atoms with Crippen LogP contribution in [-0.2, 0) is 4.74 Å². The smallest absolute Gasteiger partial charge is 0.139 e. The lowest BCUT2D eigenvalue weighted by Crippen LogP contribution is -2.07. The molecule has 1 aromatic carbocycles. The van der Waals surface area contributed by atoms with Gasteiger partial charge in [0.05, 0.1) is 11.6 Å². The third-order valence-corrected chi connectivity index (χ3v) is 2.53. The number of hydrogen-bond donors (Lipinski definition) is 0. The Balaban J connectivity index is 2.33. The average molecular weight is 294 g/mol. The Labute approximate surface area is 104 Å². The van der Waals surface area contributed by atoms with E-state index in [0.717, 1.165) is 17.5 Å². The predicted molar refractivity (Wildman–Crippen MR) is 65.8 cm³/mol. The summed E-state index contributed by atoms with van der Waals surface area (Å²) in [6.07, 6.45) is 1.03. The van der Waals surface area contributed by atoms with Crippen molar-refractivity contribution in [2.24, 2.45) is 0 Å². The van der Waals surface area contributed by atoms with Gasteiger partial charge in [-0.15, -0.1) is 0 Å². The highest BCUT2D eigenvalue weighted by Crippen LogP contribution is 2.27. The van der Waals surface area contributed by atoms with Crippen LogP contribution in [0.3, 0.4) is 0 Å². The highest BCUT2D eigenvalue weighted by atomic mass is 79.9. The maximum absolute atomic E-state index is 5.95. The van der Waals surface area contributed by atoms with Gasteiger partial charge < -0.3 is 9.47 Å². The SMILES string of the molecule is CCCOCCOc1cc(Br)ccc1Cl. The highest BCUT2D eigenvalue weighted by Gasteiger charge is 2.01. The summed E-state index contributed by atoms with van der Waals surface area (Å²) in [6.45, 7) is 3.97. The first-order chi connectivity index (χ1) is 7.24.